The molecule has 0 saturated heterocycles. The van der Waals surface area contributed by atoms with Crippen LogP contribution in [0.15, 0.2) is 66.7 Å². The molecule has 1 saturated carbocycles. The third-order valence-electron chi connectivity index (χ3n) is 5.29. The van der Waals surface area contributed by atoms with E-state index in [-0.39, 0.29) is 23.9 Å². The minimum Gasteiger partial charge on any atom is -0.444 e. The van der Waals surface area contributed by atoms with Crippen molar-refractivity contribution in [1.29, 1.82) is 0 Å². The van der Waals surface area contributed by atoms with Gasteiger partial charge in [-0.3, -0.25) is 10.1 Å². The number of hydrogen-bond acceptors (Lipinski definition) is 5. The normalized spacial score (nSPS) is 16.8. The van der Waals surface area contributed by atoms with Gasteiger partial charge in [-0.05, 0) is 47.9 Å². The Morgan fingerprint density at radius 2 is 1.75 bits per heavy atom. The number of nitrogens with two attached hydrogens (primary N) is 2. The fraction of sp³-hybridized carbons (Fsp3) is 0.167. The smallest absolute Gasteiger partial charge is 0.411 e. The van der Waals surface area contributed by atoms with E-state index >= 15 is 0 Å². The predicted octanol–water partition coefficient (Wildman–Crippen LogP) is 4.22. The van der Waals surface area contributed by atoms with E-state index in [1.54, 1.807) is 24.3 Å². The number of carbonyl (C=O) groups excluding carboxylic acids is 2. The lowest BCUT2D eigenvalue weighted by molar-refractivity contribution is 0.102. The minimum atomic E-state index is -0.788. The summed E-state index contributed by atoms with van der Waals surface area (Å²) < 4.78 is 19.6. The Bertz CT molecular complexity index is 1150. The molecule has 164 valence electrons. The van der Waals surface area contributed by atoms with Crippen LogP contribution in [0.2, 0.25) is 0 Å². The Balaban J connectivity index is 1.31. The highest BCUT2D eigenvalue weighted by Crippen LogP contribution is 2.38. The summed E-state index contributed by atoms with van der Waals surface area (Å²) in [5.74, 6) is -1.02. The van der Waals surface area contributed by atoms with Gasteiger partial charge >= 0.3 is 6.09 Å². The zero-order valence-electron chi connectivity index (χ0n) is 17.2. The van der Waals surface area contributed by atoms with Gasteiger partial charge in [0.15, 0.2) is 0 Å². The molecule has 3 aromatic carbocycles. The number of nitrogens with one attached hydrogen (secondary N) is 2. The first-order chi connectivity index (χ1) is 15.4. The van der Waals surface area contributed by atoms with Crippen molar-refractivity contribution < 1.29 is 18.7 Å². The molecule has 0 heterocycles. The van der Waals surface area contributed by atoms with Crippen LogP contribution in [0, 0.1) is 5.82 Å². The summed E-state index contributed by atoms with van der Waals surface area (Å²) >= 11 is 0. The van der Waals surface area contributed by atoms with E-state index in [1.165, 1.54) is 17.7 Å². The maximum atomic E-state index is 14.4. The number of ether oxygens (including phenoxy) is 1. The number of anilines is 3. The van der Waals surface area contributed by atoms with Gasteiger partial charge in [-0.2, -0.15) is 0 Å². The quantitative estimate of drug-likeness (QED) is 0.433. The summed E-state index contributed by atoms with van der Waals surface area (Å²) in [5, 5.41) is 5.01. The Labute approximate surface area is 184 Å². The number of para-hydroxylation sites is 2. The van der Waals surface area contributed by atoms with E-state index in [1.807, 2.05) is 24.3 Å². The van der Waals surface area contributed by atoms with Crippen LogP contribution in [0.5, 0.6) is 0 Å². The molecule has 6 N–H and O–H groups in total. The summed E-state index contributed by atoms with van der Waals surface area (Å²) in [5.41, 5.74) is 14.4. The lowest BCUT2D eigenvalue weighted by Gasteiger charge is -2.11. The molecule has 1 aliphatic carbocycles. The molecule has 8 heteroatoms. The van der Waals surface area contributed by atoms with Crippen molar-refractivity contribution in [1.82, 2.24) is 0 Å². The van der Waals surface area contributed by atoms with Crippen LogP contribution in [0.4, 0.5) is 26.2 Å². The Morgan fingerprint density at radius 3 is 2.41 bits per heavy atom. The Kier molecular flexibility index (Phi) is 6.04. The Hall–Kier alpha value is -3.91. The van der Waals surface area contributed by atoms with Crippen LogP contribution in [0.25, 0.3) is 0 Å². The molecule has 3 aromatic rings. The van der Waals surface area contributed by atoms with Crippen LogP contribution in [-0.2, 0) is 11.3 Å². The highest BCUT2D eigenvalue weighted by atomic mass is 19.1. The number of amides is 2. The van der Waals surface area contributed by atoms with Crippen molar-refractivity contribution in [2.24, 2.45) is 5.73 Å². The molecule has 0 bridgehead atoms. The average Bonchev–Trinajstić information content (AvgIpc) is 3.51. The van der Waals surface area contributed by atoms with Gasteiger partial charge in [0.05, 0.1) is 16.9 Å². The van der Waals surface area contributed by atoms with E-state index in [9.17, 15) is 14.0 Å². The minimum absolute atomic E-state index is 0.0737. The number of carbonyl (C=O) groups is 2. The first-order valence-electron chi connectivity index (χ1n) is 10.1. The van der Waals surface area contributed by atoms with E-state index < -0.39 is 17.8 Å². The van der Waals surface area contributed by atoms with Crippen molar-refractivity contribution in [3.63, 3.8) is 0 Å². The summed E-state index contributed by atoms with van der Waals surface area (Å²) in [6.45, 7) is 0.0737. The second-order valence-electron chi connectivity index (χ2n) is 7.68. The predicted molar refractivity (Wildman–Crippen MR) is 121 cm³/mol. The Morgan fingerprint density at radius 1 is 1.03 bits per heavy atom. The van der Waals surface area contributed by atoms with Crippen molar-refractivity contribution in [3.8, 4) is 0 Å². The van der Waals surface area contributed by atoms with E-state index in [0.29, 0.717) is 17.3 Å². The number of rotatable bonds is 6. The van der Waals surface area contributed by atoms with Crippen LogP contribution in [0.3, 0.4) is 0 Å². The average molecular weight is 434 g/mol. The van der Waals surface area contributed by atoms with Gasteiger partial charge in [0.2, 0.25) is 0 Å². The van der Waals surface area contributed by atoms with Gasteiger partial charge in [-0.1, -0.05) is 36.4 Å². The molecule has 1 aliphatic rings. The summed E-state index contributed by atoms with van der Waals surface area (Å²) in [6, 6.07) is 18.4. The highest BCUT2D eigenvalue weighted by molar-refractivity contribution is 6.06. The van der Waals surface area contributed by atoms with Crippen molar-refractivity contribution in [3.05, 3.63) is 89.2 Å². The number of benzene rings is 3. The lowest BCUT2D eigenvalue weighted by atomic mass is 10.1. The zero-order valence-corrected chi connectivity index (χ0v) is 17.2. The molecule has 0 radical (unpaired) electrons. The van der Waals surface area contributed by atoms with Gasteiger partial charge in [0.1, 0.15) is 12.4 Å². The van der Waals surface area contributed by atoms with Gasteiger partial charge in [-0.15, -0.1) is 0 Å². The SMILES string of the molecule is Nc1ccccc1NC(=O)c1ccc(NC(=O)OCc2ccc([C@H]3C[C@@H]3N)cc2)cc1F. The van der Waals surface area contributed by atoms with Crippen molar-refractivity contribution in [2.45, 2.75) is 25.0 Å². The molecule has 2 amide bonds. The third-order valence-corrected chi connectivity index (χ3v) is 5.29. The number of nitrogen functional groups attached to an aromatic ring is 1. The van der Waals surface area contributed by atoms with Gasteiger partial charge in [0.25, 0.3) is 5.91 Å². The largest absolute Gasteiger partial charge is 0.444 e. The fourth-order valence-electron chi connectivity index (χ4n) is 3.34. The second kappa shape index (κ2) is 9.07. The van der Waals surface area contributed by atoms with Crippen molar-refractivity contribution in [2.75, 3.05) is 16.4 Å². The zero-order chi connectivity index (χ0) is 22.7. The fourth-order valence-corrected chi connectivity index (χ4v) is 3.34. The molecule has 0 spiro atoms. The molecule has 0 unspecified atom stereocenters. The standard InChI is InChI=1S/C24H23FN4O3/c25-19-11-16(9-10-17(19)23(30)29-22-4-2-1-3-20(22)26)28-24(31)32-13-14-5-7-15(8-6-14)18-12-21(18)27/h1-11,18,21H,12-13,26-27H2,(H,28,31)(H,29,30)/t18-,21+/m1/s1. The highest BCUT2D eigenvalue weighted by Gasteiger charge is 2.34. The third kappa shape index (κ3) is 5.04. The number of hydrogen-bond donors (Lipinski definition) is 4. The van der Waals surface area contributed by atoms with Crippen molar-refractivity contribution >= 4 is 29.1 Å². The van der Waals surface area contributed by atoms with Crippen LogP contribution in [0.1, 0.15) is 33.8 Å². The van der Waals surface area contributed by atoms with E-state index in [2.05, 4.69) is 10.6 Å². The molecule has 32 heavy (non-hydrogen) atoms. The van der Waals surface area contributed by atoms with Crippen LogP contribution < -0.4 is 22.1 Å². The molecule has 2 atom stereocenters. The molecule has 0 aliphatic heterocycles. The maximum absolute atomic E-state index is 14.4. The van der Waals surface area contributed by atoms with Gasteiger partial charge < -0.3 is 21.5 Å². The molecule has 0 aromatic heterocycles. The molecular weight excluding hydrogens is 411 g/mol. The lowest BCUT2D eigenvalue weighted by Crippen LogP contribution is -2.16. The van der Waals surface area contributed by atoms with Crippen LogP contribution >= 0.6 is 0 Å². The van der Waals surface area contributed by atoms with Gasteiger partial charge in [0, 0.05) is 17.6 Å². The molecule has 1 fully saturated rings. The molecule has 4 rings (SSSR count). The summed E-state index contributed by atoms with van der Waals surface area (Å²) in [7, 11) is 0. The monoisotopic (exact) mass is 434 g/mol. The summed E-state index contributed by atoms with van der Waals surface area (Å²) in [6.07, 6.45) is 0.266. The topological polar surface area (TPSA) is 119 Å². The van der Waals surface area contributed by atoms with Gasteiger partial charge in [-0.25, -0.2) is 9.18 Å². The number of halogens is 1. The second-order valence-corrected chi connectivity index (χ2v) is 7.68. The van der Waals surface area contributed by atoms with E-state index in [4.69, 9.17) is 16.2 Å². The van der Waals surface area contributed by atoms with Crippen LogP contribution in [-0.4, -0.2) is 18.0 Å². The molecular formula is C24H23FN4O3. The maximum Gasteiger partial charge on any atom is 0.411 e. The first kappa shape index (κ1) is 21.3. The summed E-state index contributed by atoms with van der Waals surface area (Å²) in [4.78, 5) is 24.4. The first-order valence-corrected chi connectivity index (χ1v) is 10.1. The molecule has 7 nitrogen and oxygen atoms in total. The van der Waals surface area contributed by atoms with E-state index in [0.717, 1.165) is 18.1 Å².